The smallest absolute Gasteiger partial charge is 0.515 e. The number of rotatable bonds is 12. The summed E-state index contributed by atoms with van der Waals surface area (Å²) in [4.78, 5) is 0. The molecule has 0 amide bonds. The summed E-state index contributed by atoms with van der Waals surface area (Å²) in [6, 6.07) is 31.7. The first-order chi connectivity index (χ1) is 16.3. The Labute approximate surface area is 218 Å². The van der Waals surface area contributed by atoms with Gasteiger partial charge in [0.2, 0.25) is 0 Å². The molecule has 1 nitrogen and oxygen atoms in total. The van der Waals surface area contributed by atoms with Crippen molar-refractivity contribution >= 4 is 0 Å². The molecule has 2 heteroatoms. The van der Waals surface area contributed by atoms with Gasteiger partial charge in [0.25, 0.3) is 0 Å². The van der Waals surface area contributed by atoms with E-state index in [1.54, 1.807) is 6.08 Å². The Morgan fingerprint density at radius 2 is 1.21 bits per heavy atom. The van der Waals surface area contributed by atoms with E-state index in [-0.39, 0.29) is 25.0 Å². The van der Waals surface area contributed by atoms with E-state index in [1.807, 2.05) is 0 Å². The third-order valence-corrected chi connectivity index (χ3v) is 7.16. The van der Waals surface area contributed by atoms with Crippen LogP contribution in [0.3, 0.4) is 0 Å². The summed E-state index contributed by atoms with van der Waals surface area (Å²) < 4.78 is 7.05. The SMILES string of the molecule is [CH-]=CC(CCCCCC1CCCC1)OC(c1ccccc1)(c1ccccc1)c1ccccc1.[Li+]. The van der Waals surface area contributed by atoms with Gasteiger partial charge in [-0.3, -0.25) is 0 Å². The Morgan fingerprint density at radius 3 is 1.65 bits per heavy atom. The number of ether oxygens (including phenoxy) is 1. The van der Waals surface area contributed by atoms with E-state index in [0.29, 0.717) is 0 Å². The molecule has 1 saturated carbocycles. The molecule has 0 N–H and O–H groups in total. The van der Waals surface area contributed by atoms with Crippen molar-refractivity contribution in [1.29, 1.82) is 0 Å². The van der Waals surface area contributed by atoms with Crippen LogP contribution in [0.4, 0.5) is 0 Å². The summed E-state index contributed by atoms with van der Waals surface area (Å²) >= 11 is 0. The van der Waals surface area contributed by atoms with Crippen LogP contribution in [0.2, 0.25) is 0 Å². The minimum absolute atomic E-state index is 0. The van der Waals surface area contributed by atoms with E-state index in [4.69, 9.17) is 11.3 Å². The fraction of sp³-hybridized carbons (Fsp3) is 0.375. The summed E-state index contributed by atoms with van der Waals surface area (Å²) in [6.45, 7) is 6.18. The second-order valence-electron chi connectivity index (χ2n) is 9.42. The summed E-state index contributed by atoms with van der Waals surface area (Å²) in [5.41, 5.74) is 2.65. The Balaban J connectivity index is 0.00000324. The van der Waals surface area contributed by atoms with Gasteiger partial charge in [-0.1, -0.05) is 142 Å². The molecule has 1 atom stereocenters. The van der Waals surface area contributed by atoms with E-state index >= 15 is 0 Å². The second kappa shape index (κ2) is 13.7. The van der Waals surface area contributed by atoms with Crippen LogP contribution in [0.1, 0.15) is 74.5 Å². The van der Waals surface area contributed by atoms with Crippen molar-refractivity contribution in [2.75, 3.05) is 0 Å². The minimum atomic E-state index is -0.714. The largest absolute Gasteiger partial charge is 1.00 e. The Kier molecular flexibility index (Phi) is 10.7. The van der Waals surface area contributed by atoms with Crippen molar-refractivity contribution in [1.82, 2.24) is 0 Å². The van der Waals surface area contributed by atoms with E-state index < -0.39 is 5.60 Å². The average Bonchev–Trinajstić information content (AvgIpc) is 3.41. The zero-order chi connectivity index (χ0) is 22.8. The summed E-state index contributed by atoms with van der Waals surface area (Å²) in [7, 11) is 0. The van der Waals surface area contributed by atoms with E-state index in [9.17, 15) is 0 Å². The fourth-order valence-electron chi connectivity index (χ4n) is 5.40. The van der Waals surface area contributed by atoms with Crippen LogP contribution in [-0.4, -0.2) is 6.10 Å². The first kappa shape index (κ1) is 26.6. The maximum Gasteiger partial charge on any atom is 1.00 e. The van der Waals surface area contributed by atoms with Crippen LogP contribution in [0, 0.1) is 12.5 Å². The number of unbranched alkanes of at least 4 members (excludes halogenated alkanes) is 2. The third kappa shape index (κ3) is 6.54. The molecule has 0 saturated heterocycles. The zero-order valence-corrected chi connectivity index (χ0v) is 20.7. The van der Waals surface area contributed by atoms with Gasteiger partial charge in [-0.05, 0) is 29.0 Å². The van der Waals surface area contributed by atoms with Gasteiger partial charge in [-0.2, -0.15) is 0 Å². The number of hydrogen-bond donors (Lipinski definition) is 0. The standard InChI is InChI=1S/C32H37O.Li/c1-2-31(26-14-3-7-17-27-18-15-16-19-27)33-32(28-20-8-4-9-21-28,29-22-10-5-11-23-29)30-24-12-6-13-25-30;/h1-2,4-6,8-13,20-25,27,31H,3,7,14-19,26H2;/q-1;+1. The molecular weight excluding hydrogens is 407 g/mol. The van der Waals surface area contributed by atoms with E-state index in [1.165, 1.54) is 44.9 Å². The second-order valence-corrected chi connectivity index (χ2v) is 9.42. The topological polar surface area (TPSA) is 9.23 Å². The maximum absolute atomic E-state index is 7.05. The normalized spacial score (nSPS) is 14.9. The van der Waals surface area contributed by atoms with Crippen LogP contribution in [0.15, 0.2) is 97.1 Å². The van der Waals surface area contributed by atoms with E-state index in [0.717, 1.165) is 35.4 Å². The molecule has 3 aromatic rings. The number of hydrogen-bond acceptors (Lipinski definition) is 1. The van der Waals surface area contributed by atoms with Crippen LogP contribution >= 0.6 is 0 Å². The molecule has 1 unspecified atom stereocenters. The molecular formula is C32H37LiO. The minimum Gasteiger partial charge on any atom is -0.515 e. The van der Waals surface area contributed by atoms with Gasteiger partial charge in [0.15, 0.2) is 0 Å². The molecule has 1 aliphatic carbocycles. The molecule has 0 aliphatic heterocycles. The van der Waals surface area contributed by atoms with Gasteiger partial charge in [-0.15, -0.1) is 0 Å². The van der Waals surface area contributed by atoms with Gasteiger partial charge < -0.3 is 11.3 Å². The monoisotopic (exact) mass is 444 g/mol. The summed E-state index contributed by atoms with van der Waals surface area (Å²) in [6.07, 6.45) is 13.4. The quantitative estimate of drug-likeness (QED) is 0.155. The van der Waals surface area contributed by atoms with Crippen molar-refractivity contribution in [3.63, 3.8) is 0 Å². The Hall–Kier alpha value is -2.04. The maximum atomic E-state index is 7.05. The first-order valence-corrected chi connectivity index (χ1v) is 12.7. The molecule has 0 spiro atoms. The molecule has 0 aromatic heterocycles. The van der Waals surface area contributed by atoms with Gasteiger partial charge in [0.05, 0.1) is 0 Å². The predicted octanol–water partition coefficient (Wildman–Crippen LogP) is 5.50. The summed E-state index contributed by atoms with van der Waals surface area (Å²) in [5, 5.41) is 0. The Bertz CT molecular complexity index is 851. The fourth-order valence-corrected chi connectivity index (χ4v) is 5.40. The van der Waals surface area contributed by atoms with Crippen molar-refractivity contribution in [2.45, 2.75) is 69.5 Å². The molecule has 4 rings (SSSR count). The third-order valence-electron chi connectivity index (χ3n) is 7.16. The molecule has 3 aromatic carbocycles. The van der Waals surface area contributed by atoms with Crippen molar-refractivity contribution < 1.29 is 23.6 Å². The van der Waals surface area contributed by atoms with Crippen LogP contribution < -0.4 is 18.9 Å². The van der Waals surface area contributed by atoms with Crippen molar-refractivity contribution in [2.24, 2.45) is 5.92 Å². The predicted molar refractivity (Wildman–Crippen MR) is 138 cm³/mol. The van der Waals surface area contributed by atoms with Crippen molar-refractivity contribution in [3.05, 3.63) is 120 Å². The molecule has 0 radical (unpaired) electrons. The molecule has 0 heterocycles. The molecule has 1 fully saturated rings. The molecule has 34 heavy (non-hydrogen) atoms. The average molecular weight is 445 g/mol. The van der Waals surface area contributed by atoms with Crippen LogP contribution in [0.5, 0.6) is 0 Å². The Morgan fingerprint density at radius 1 is 0.735 bits per heavy atom. The van der Waals surface area contributed by atoms with Crippen LogP contribution in [-0.2, 0) is 10.3 Å². The van der Waals surface area contributed by atoms with Gasteiger partial charge in [0, 0.05) is 6.10 Å². The number of benzene rings is 3. The molecule has 1 aliphatic rings. The van der Waals surface area contributed by atoms with Gasteiger partial charge in [-0.25, -0.2) is 6.08 Å². The van der Waals surface area contributed by atoms with E-state index in [2.05, 4.69) is 91.0 Å². The molecule has 172 valence electrons. The molecule has 0 bridgehead atoms. The van der Waals surface area contributed by atoms with Gasteiger partial charge >= 0.3 is 18.9 Å². The zero-order valence-electron chi connectivity index (χ0n) is 20.7. The van der Waals surface area contributed by atoms with Crippen LogP contribution in [0.25, 0.3) is 0 Å². The summed E-state index contributed by atoms with van der Waals surface area (Å²) in [5.74, 6) is 0.972. The van der Waals surface area contributed by atoms with Gasteiger partial charge in [0.1, 0.15) is 5.60 Å². The van der Waals surface area contributed by atoms with Crippen molar-refractivity contribution in [3.8, 4) is 0 Å². The first-order valence-electron chi connectivity index (χ1n) is 12.7.